The van der Waals surface area contributed by atoms with E-state index in [-0.39, 0.29) is 0 Å². The minimum Gasteiger partial charge on any atom is -0.478 e. The van der Waals surface area contributed by atoms with E-state index in [2.05, 4.69) is 39.8 Å². The van der Waals surface area contributed by atoms with Gasteiger partial charge in [0.15, 0.2) is 0 Å². The number of carboxylic acid groups (broad SMARTS) is 1. The predicted molar refractivity (Wildman–Crippen MR) is 134 cm³/mol. The van der Waals surface area contributed by atoms with Gasteiger partial charge in [-0.1, -0.05) is 70.1 Å². The molecule has 3 aromatic carbocycles. The van der Waals surface area contributed by atoms with Crippen molar-refractivity contribution in [3.63, 3.8) is 0 Å². The second-order valence-electron chi connectivity index (χ2n) is 9.21. The molecule has 0 saturated carbocycles. The Balaban J connectivity index is 1.96. The quantitative estimate of drug-likeness (QED) is 0.264. The van der Waals surface area contributed by atoms with E-state index in [1.165, 1.54) is 84.4 Å². The zero-order valence-electron chi connectivity index (χ0n) is 20.0. The van der Waals surface area contributed by atoms with Gasteiger partial charge in [0.1, 0.15) is 0 Å². The van der Waals surface area contributed by atoms with E-state index in [4.69, 9.17) is 0 Å². The van der Waals surface area contributed by atoms with Crippen LogP contribution in [-0.4, -0.2) is 11.1 Å². The molecule has 0 atom stereocenters. The fraction of sp³-hybridized carbons (Fsp3) is 0.483. The first-order valence-corrected chi connectivity index (χ1v) is 12.1. The number of carboxylic acids is 1. The monoisotopic (exact) mass is 418 g/mol. The summed E-state index contributed by atoms with van der Waals surface area (Å²) in [5.41, 5.74) is 6.76. The number of aromatic carboxylic acids is 1. The number of rotatable bonds is 10. The van der Waals surface area contributed by atoms with E-state index in [1.54, 1.807) is 6.07 Å². The molecule has 2 nitrogen and oxygen atoms in total. The minimum absolute atomic E-state index is 0.405. The normalized spacial score (nSPS) is 11.5. The van der Waals surface area contributed by atoms with Gasteiger partial charge in [0, 0.05) is 0 Å². The van der Waals surface area contributed by atoms with Crippen molar-refractivity contribution in [3.05, 3.63) is 57.6 Å². The van der Waals surface area contributed by atoms with E-state index in [1.807, 2.05) is 13.0 Å². The molecule has 2 heteroatoms. The maximum Gasteiger partial charge on any atom is 0.335 e. The van der Waals surface area contributed by atoms with Gasteiger partial charge in [-0.2, -0.15) is 0 Å². The average molecular weight is 419 g/mol. The second kappa shape index (κ2) is 10.3. The summed E-state index contributed by atoms with van der Waals surface area (Å²) in [6.07, 6.45) is 11.7. The lowest BCUT2D eigenvalue weighted by atomic mass is 9.84. The number of benzene rings is 3. The highest BCUT2D eigenvalue weighted by Gasteiger charge is 2.17. The predicted octanol–water partition coefficient (Wildman–Crippen LogP) is 8.61. The molecule has 1 N–H and O–H groups in total. The standard InChI is InChI=1S/C29H38O2/c1-6-7-8-9-10-11-12-13-14-24-20(3)19(2)21(4)28-26(24)18-16-23-15-17-25(29(30)31)22(5)27(23)28/h15-18H,6-14H2,1-5H3,(H,30,31). The maximum absolute atomic E-state index is 11.8. The van der Waals surface area contributed by atoms with Crippen molar-refractivity contribution in [2.24, 2.45) is 0 Å². The highest BCUT2D eigenvalue weighted by atomic mass is 16.4. The van der Waals surface area contributed by atoms with Crippen LogP contribution in [0.25, 0.3) is 21.5 Å². The van der Waals surface area contributed by atoms with Crippen LogP contribution in [-0.2, 0) is 6.42 Å². The summed E-state index contributed by atoms with van der Waals surface area (Å²) in [5, 5.41) is 14.4. The van der Waals surface area contributed by atoms with Crippen molar-refractivity contribution in [1.29, 1.82) is 0 Å². The van der Waals surface area contributed by atoms with Gasteiger partial charge in [-0.3, -0.25) is 0 Å². The Hall–Kier alpha value is -2.35. The molecular weight excluding hydrogens is 380 g/mol. The average Bonchev–Trinajstić information content (AvgIpc) is 2.75. The summed E-state index contributed by atoms with van der Waals surface area (Å²) >= 11 is 0. The zero-order valence-corrected chi connectivity index (χ0v) is 20.0. The summed E-state index contributed by atoms with van der Waals surface area (Å²) in [7, 11) is 0. The molecule has 0 heterocycles. The molecule has 0 unspecified atom stereocenters. The topological polar surface area (TPSA) is 37.3 Å². The molecule has 3 rings (SSSR count). The highest BCUT2D eigenvalue weighted by Crippen LogP contribution is 2.37. The maximum atomic E-state index is 11.8. The van der Waals surface area contributed by atoms with Crippen molar-refractivity contribution in [1.82, 2.24) is 0 Å². The minimum atomic E-state index is -0.850. The van der Waals surface area contributed by atoms with Gasteiger partial charge in [-0.05, 0) is 96.0 Å². The molecule has 0 fully saturated rings. The third kappa shape index (κ3) is 4.79. The van der Waals surface area contributed by atoms with Crippen molar-refractivity contribution in [2.45, 2.75) is 92.4 Å². The van der Waals surface area contributed by atoms with Crippen LogP contribution in [0.1, 0.15) is 96.5 Å². The summed E-state index contributed by atoms with van der Waals surface area (Å²) in [5.74, 6) is -0.850. The Morgan fingerprint density at radius 1 is 0.710 bits per heavy atom. The number of fused-ring (bicyclic) bond motifs is 3. The summed E-state index contributed by atoms with van der Waals surface area (Å²) in [6, 6.07) is 8.13. The number of carbonyl (C=O) groups is 1. The lowest BCUT2D eigenvalue weighted by Gasteiger charge is -2.20. The Bertz CT molecular complexity index is 1090. The first-order chi connectivity index (χ1) is 14.9. The van der Waals surface area contributed by atoms with Crippen molar-refractivity contribution in [2.75, 3.05) is 0 Å². The van der Waals surface area contributed by atoms with E-state index in [0.29, 0.717) is 5.56 Å². The molecule has 0 amide bonds. The Morgan fingerprint density at radius 3 is 1.97 bits per heavy atom. The number of hydrogen-bond acceptors (Lipinski definition) is 1. The molecule has 0 aliphatic heterocycles. The van der Waals surface area contributed by atoms with Crippen LogP contribution >= 0.6 is 0 Å². The molecule has 0 spiro atoms. The van der Waals surface area contributed by atoms with Gasteiger partial charge in [0.25, 0.3) is 0 Å². The molecule has 0 aromatic heterocycles. The summed E-state index contributed by atoms with van der Waals surface area (Å²) in [4.78, 5) is 11.8. The van der Waals surface area contributed by atoms with Gasteiger partial charge >= 0.3 is 5.97 Å². The van der Waals surface area contributed by atoms with E-state index >= 15 is 0 Å². The first-order valence-electron chi connectivity index (χ1n) is 12.1. The summed E-state index contributed by atoms with van der Waals surface area (Å²) < 4.78 is 0. The Kier molecular flexibility index (Phi) is 7.75. The highest BCUT2D eigenvalue weighted by molar-refractivity contribution is 6.14. The molecule has 0 aliphatic carbocycles. The molecule has 3 aromatic rings. The molecule has 0 bridgehead atoms. The van der Waals surface area contributed by atoms with Crippen LogP contribution in [0.5, 0.6) is 0 Å². The van der Waals surface area contributed by atoms with E-state index < -0.39 is 5.97 Å². The second-order valence-corrected chi connectivity index (χ2v) is 9.21. The lowest BCUT2D eigenvalue weighted by molar-refractivity contribution is 0.0696. The van der Waals surface area contributed by atoms with Crippen molar-refractivity contribution in [3.8, 4) is 0 Å². The van der Waals surface area contributed by atoms with Crippen LogP contribution < -0.4 is 0 Å². The molecular formula is C29H38O2. The van der Waals surface area contributed by atoms with Crippen LogP contribution in [0.2, 0.25) is 0 Å². The van der Waals surface area contributed by atoms with Gasteiger partial charge in [0.2, 0.25) is 0 Å². The fourth-order valence-electron chi connectivity index (χ4n) is 5.12. The van der Waals surface area contributed by atoms with Gasteiger partial charge in [-0.25, -0.2) is 4.79 Å². The molecule has 31 heavy (non-hydrogen) atoms. The van der Waals surface area contributed by atoms with Crippen molar-refractivity contribution < 1.29 is 9.90 Å². The van der Waals surface area contributed by atoms with E-state index in [0.717, 1.165) is 22.8 Å². The molecule has 166 valence electrons. The molecule has 0 aliphatic rings. The number of unbranched alkanes of at least 4 members (excludes halogenated alkanes) is 7. The largest absolute Gasteiger partial charge is 0.478 e. The van der Waals surface area contributed by atoms with Crippen LogP contribution in [0.3, 0.4) is 0 Å². The van der Waals surface area contributed by atoms with Crippen LogP contribution in [0, 0.1) is 27.7 Å². The number of hydrogen-bond donors (Lipinski definition) is 1. The first kappa shape index (κ1) is 23.3. The van der Waals surface area contributed by atoms with Gasteiger partial charge in [0.05, 0.1) is 5.56 Å². The van der Waals surface area contributed by atoms with Gasteiger partial charge in [-0.15, -0.1) is 0 Å². The lowest BCUT2D eigenvalue weighted by Crippen LogP contribution is -2.03. The number of aryl methyl sites for hydroxylation is 3. The van der Waals surface area contributed by atoms with Crippen molar-refractivity contribution >= 4 is 27.5 Å². The smallest absolute Gasteiger partial charge is 0.335 e. The molecule has 0 saturated heterocycles. The zero-order chi connectivity index (χ0) is 22.5. The third-order valence-electron chi connectivity index (χ3n) is 7.23. The van der Waals surface area contributed by atoms with E-state index in [9.17, 15) is 9.90 Å². The Labute approximate surface area is 187 Å². The summed E-state index contributed by atoms with van der Waals surface area (Å²) in [6.45, 7) is 10.9. The fourth-order valence-corrected chi connectivity index (χ4v) is 5.12. The molecule has 0 radical (unpaired) electrons. The van der Waals surface area contributed by atoms with Crippen LogP contribution in [0.4, 0.5) is 0 Å². The van der Waals surface area contributed by atoms with Crippen LogP contribution in [0.15, 0.2) is 24.3 Å². The SMILES string of the molecule is CCCCCCCCCCc1c(C)c(C)c(C)c2c1ccc1ccc(C(=O)O)c(C)c12. The Morgan fingerprint density at radius 2 is 1.32 bits per heavy atom. The van der Waals surface area contributed by atoms with Gasteiger partial charge < -0.3 is 5.11 Å². The third-order valence-corrected chi connectivity index (χ3v) is 7.23.